The molecule has 1 aliphatic rings. The number of nitriles is 1. The molecule has 1 saturated heterocycles. The molecular weight excluding hydrogens is 334 g/mol. The minimum atomic E-state index is -1.59. The number of rotatable bonds is 5. The molecule has 0 spiro atoms. The Bertz CT molecular complexity index is 738. The number of nitrogens with two attached hydrogens (primary N) is 1. The zero-order valence-corrected chi connectivity index (χ0v) is 15.0. The Hall–Kier alpha value is -2.72. The summed E-state index contributed by atoms with van der Waals surface area (Å²) in [5.41, 5.74) is 5.58. The van der Waals surface area contributed by atoms with Gasteiger partial charge in [-0.25, -0.2) is 0 Å². The van der Waals surface area contributed by atoms with Crippen molar-refractivity contribution in [2.24, 2.45) is 5.73 Å². The van der Waals surface area contributed by atoms with Crippen molar-refractivity contribution in [3.63, 3.8) is 0 Å². The second-order valence-electron chi connectivity index (χ2n) is 6.30. The molecule has 0 aromatic heterocycles. The highest BCUT2D eigenvalue weighted by atomic mass is 16.5. The first kappa shape index (κ1) is 19.6. The van der Waals surface area contributed by atoms with Gasteiger partial charge in [0.2, 0.25) is 11.7 Å². The first-order chi connectivity index (χ1) is 12.3. The van der Waals surface area contributed by atoms with E-state index in [4.69, 9.17) is 15.7 Å². The Balaban J connectivity index is 2.34. The molecule has 1 aliphatic heterocycles. The normalized spacial score (nSPS) is 22.4. The van der Waals surface area contributed by atoms with Crippen LogP contribution in [0, 0.1) is 11.3 Å². The van der Waals surface area contributed by atoms with Gasteiger partial charge in [-0.3, -0.25) is 14.4 Å². The summed E-state index contributed by atoms with van der Waals surface area (Å²) in [6.07, 6.45) is 0.421. The van der Waals surface area contributed by atoms with Gasteiger partial charge in [-0.2, -0.15) is 5.26 Å². The van der Waals surface area contributed by atoms with Gasteiger partial charge in [0.15, 0.2) is 5.66 Å². The van der Waals surface area contributed by atoms with Gasteiger partial charge in [0.05, 0.1) is 11.6 Å². The highest BCUT2D eigenvalue weighted by molar-refractivity contribution is 6.04. The lowest BCUT2D eigenvalue weighted by atomic mass is 9.86. The van der Waals surface area contributed by atoms with Gasteiger partial charge in [0, 0.05) is 37.8 Å². The van der Waals surface area contributed by atoms with Crippen molar-refractivity contribution >= 4 is 17.7 Å². The summed E-state index contributed by atoms with van der Waals surface area (Å²) in [5, 5.41) is 8.89. The van der Waals surface area contributed by atoms with Crippen molar-refractivity contribution in [3.8, 4) is 6.07 Å². The molecule has 138 valence electrons. The molecule has 1 aromatic rings. The lowest BCUT2D eigenvalue weighted by Gasteiger charge is -2.45. The number of esters is 1. The fraction of sp³-hybridized carbons (Fsp3) is 0.474. The fourth-order valence-corrected chi connectivity index (χ4v) is 3.10. The second kappa shape index (κ2) is 8.11. The zero-order chi connectivity index (χ0) is 19.3. The summed E-state index contributed by atoms with van der Waals surface area (Å²) >= 11 is 0. The molecule has 0 aliphatic carbocycles. The van der Waals surface area contributed by atoms with Crippen LogP contribution in [0.15, 0.2) is 24.3 Å². The summed E-state index contributed by atoms with van der Waals surface area (Å²) in [6, 6.07) is 8.08. The molecular formula is C19H23N3O4. The Kier molecular flexibility index (Phi) is 6.11. The average Bonchev–Trinajstić information content (AvgIpc) is 2.66. The van der Waals surface area contributed by atoms with Crippen LogP contribution in [0.3, 0.4) is 0 Å². The predicted octanol–water partition coefficient (Wildman–Crippen LogP) is 1.75. The molecule has 2 rings (SSSR count). The van der Waals surface area contributed by atoms with Crippen LogP contribution in [-0.4, -0.2) is 40.9 Å². The van der Waals surface area contributed by atoms with E-state index in [1.54, 1.807) is 13.8 Å². The highest BCUT2D eigenvalue weighted by Gasteiger charge is 2.48. The van der Waals surface area contributed by atoms with Crippen molar-refractivity contribution < 1.29 is 19.1 Å². The predicted molar refractivity (Wildman–Crippen MR) is 93.8 cm³/mol. The van der Waals surface area contributed by atoms with Crippen molar-refractivity contribution in [3.05, 3.63) is 35.4 Å². The number of piperidine rings is 1. The molecule has 1 aromatic carbocycles. The van der Waals surface area contributed by atoms with Gasteiger partial charge in [-0.05, 0) is 24.3 Å². The molecule has 2 N–H and O–H groups in total. The number of hydrogen-bond acceptors (Lipinski definition) is 6. The van der Waals surface area contributed by atoms with Crippen molar-refractivity contribution in [1.82, 2.24) is 4.90 Å². The molecule has 2 atom stereocenters. The van der Waals surface area contributed by atoms with E-state index >= 15 is 0 Å². The van der Waals surface area contributed by atoms with E-state index in [1.165, 1.54) is 29.2 Å². The standard InChI is InChI=1S/C19H23N3O4/c1-3-16(23)22-10-9-15(26-17(24)4-2)11-19(22,21)18(25)14-7-5-13(12-20)6-8-14/h5-8,15H,3-4,9-11,21H2,1-2H3. The molecule has 0 bridgehead atoms. The minimum Gasteiger partial charge on any atom is -0.462 e. The molecule has 0 radical (unpaired) electrons. The van der Waals surface area contributed by atoms with E-state index in [2.05, 4.69) is 0 Å². The third-order valence-corrected chi connectivity index (χ3v) is 4.55. The first-order valence-corrected chi connectivity index (χ1v) is 8.69. The van der Waals surface area contributed by atoms with E-state index in [9.17, 15) is 14.4 Å². The monoisotopic (exact) mass is 357 g/mol. The van der Waals surface area contributed by atoms with Gasteiger partial charge in [0.1, 0.15) is 6.10 Å². The first-order valence-electron chi connectivity index (χ1n) is 8.69. The van der Waals surface area contributed by atoms with Crippen LogP contribution in [0.4, 0.5) is 0 Å². The Morgan fingerprint density at radius 3 is 2.46 bits per heavy atom. The molecule has 1 heterocycles. The molecule has 7 nitrogen and oxygen atoms in total. The van der Waals surface area contributed by atoms with Crippen molar-refractivity contribution in [2.45, 2.75) is 51.3 Å². The molecule has 2 unspecified atom stereocenters. The van der Waals surface area contributed by atoms with Crippen LogP contribution in [0.2, 0.25) is 0 Å². The third kappa shape index (κ3) is 3.92. The number of carbonyl (C=O) groups excluding carboxylic acids is 3. The van der Waals surface area contributed by atoms with Crippen LogP contribution < -0.4 is 5.73 Å². The van der Waals surface area contributed by atoms with Crippen LogP contribution in [0.1, 0.15) is 55.5 Å². The summed E-state index contributed by atoms with van der Waals surface area (Å²) in [7, 11) is 0. The maximum Gasteiger partial charge on any atom is 0.305 e. The smallest absolute Gasteiger partial charge is 0.305 e. The van der Waals surface area contributed by atoms with Gasteiger partial charge in [0.25, 0.3) is 0 Å². The SMILES string of the molecule is CCC(=O)OC1CCN(C(=O)CC)C(N)(C(=O)c2ccc(C#N)cc2)C1. The van der Waals surface area contributed by atoms with Crippen LogP contribution in [0.5, 0.6) is 0 Å². The van der Waals surface area contributed by atoms with Gasteiger partial charge < -0.3 is 15.4 Å². The number of Topliss-reactive ketones (excluding diaryl/α,β-unsaturated/α-hetero) is 1. The van der Waals surface area contributed by atoms with Crippen molar-refractivity contribution in [1.29, 1.82) is 5.26 Å². The average molecular weight is 357 g/mol. The fourth-order valence-electron chi connectivity index (χ4n) is 3.10. The molecule has 26 heavy (non-hydrogen) atoms. The Morgan fingerprint density at radius 2 is 1.92 bits per heavy atom. The van der Waals surface area contributed by atoms with E-state index in [1.807, 2.05) is 6.07 Å². The number of likely N-dealkylation sites (tertiary alicyclic amines) is 1. The van der Waals surface area contributed by atoms with Crippen LogP contribution >= 0.6 is 0 Å². The lowest BCUT2D eigenvalue weighted by Crippen LogP contribution is -2.67. The number of amides is 1. The molecule has 1 amide bonds. The number of hydrogen-bond donors (Lipinski definition) is 1. The van der Waals surface area contributed by atoms with Crippen LogP contribution in [0.25, 0.3) is 0 Å². The maximum atomic E-state index is 13.1. The highest BCUT2D eigenvalue weighted by Crippen LogP contribution is 2.30. The Labute approximate surface area is 152 Å². The lowest BCUT2D eigenvalue weighted by molar-refractivity contribution is -0.156. The van der Waals surface area contributed by atoms with E-state index in [0.717, 1.165) is 0 Å². The molecule has 0 saturated carbocycles. The minimum absolute atomic E-state index is 0.0450. The third-order valence-electron chi connectivity index (χ3n) is 4.55. The van der Waals surface area contributed by atoms with E-state index in [0.29, 0.717) is 17.5 Å². The molecule has 7 heteroatoms. The topological polar surface area (TPSA) is 113 Å². The van der Waals surface area contributed by atoms with E-state index in [-0.39, 0.29) is 37.7 Å². The summed E-state index contributed by atoms with van der Waals surface area (Å²) in [4.78, 5) is 38.4. The van der Waals surface area contributed by atoms with E-state index < -0.39 is 17.6 Å². The number of ether oxygens (including phenoxy) is 1. The number of nitrogens with zero attached hydrogens (tertiary/aromatic N) is 2. The summed E-state index contributed by atoms with van der Waals surface area (Å²) < 4.78 is 5.37. The quantitative estimate of drug-likeness (QED) is 0.634. The maximum absolute atomic E-state index is 13.1. The number of benzene rings is 1. The summed E-state index contributed by atoms with van der Waals surface area (Å²) in [5.74, 6) is -1.02. The van der Waals surface area contributed by atoms with Gasteiger partial charge >= 0.3 is 5.97 Å². The zero-order valence-electron chi connectivity index (χ0n) is 15.0. The number of ketones is 1. The second-order valence-corrected chi connectivity index (χ2v) is 6.30. The van der Waals surface area contributed by atoms with Gasteiger partial charge in [-0.1, -0.05) is 13.8 Å². The Morgan fingerprint density at radius 1 is 1.27 bits per heavy atom. The summed E-state index contributed by atoms with van der Waals surface area (Å²) in [6.45, 7) is 3.64. The largest absolute Gasteiger partial charge is 0.462 e. The van der Waals surface area contributed by atoms with Gasteiger partial charge in [-0.15, -0.1) is 0 Å². The number of carbonyl (C=O) groups is 3. The van der Waals surface area contributed by atoms with Crippen LogP contribution in [-0.2, 0) is 14.3 Å². The molecule has 1 fully saturated rings. The van der Waals surface area contributed by atoms with Crippen molar-refractivity contribution in [2.75, 3.05) is 6.54 Å².